The van der Waals surface area contributed by atoms with Gasteiger partial charge in [-0.1, -0.05) is 6.92 Å². The Morgan fingerprint density at radius 3 is 2.68 bits per heavy atom. The fourth-order valence-electron chi connectivity index (χ4n) is 2.15. The second-order valence-electron chi connectivity index (χ2n) is 4.63. The number of fused-ring (bicyclic) bond motifs is 1. The molecule has 2 aromatic rings. The molecule has 0 radical (unpaired) electrons. The highest BCUT2D eigenvalue weighted by molar-refractivity contribution is 5.96. The molecule has 1 heterocycles. The molecule has 0 amide bonds. The van der Waals surface area contributed by atoms with E-state index in [2.05, 4.69) is 17.2 Å². The fourth-order valence-corrected chi connectivity index (χ4v) is 2.15. The van der Waals surface area contributed by atoms with Crippen LogP contribution in [0.15, 0.2) is 12.1 Å². The number of hydrogen-bond donors (Lipinski definition) is 1. The first-order valence-electron chi connectivity index (χ1n) is 6.46. The first kappa shape index (κ1) is 13.6. The van der Waals surface area contributed by atoms with Crippen molar-refractivity contribution in [2.75, 3.05) is 19.0 Å². The molecule has 102 valence electrons. The number of nitrogens with one attached hydrogen (secondary N) is 1. The van der Waals surface area contributed by atoms with Gasteiger partial charge < -0.3 is 10.1 Å². The Labute approximate surface area is 112 Å². The van der Waals surface area contributed by atoms with Crippen molar-refractivity contribution in [2.24, 2.45) is 0 Å². The van der Waals surface area contributed by atoms with Gasteiger partial charge in [-0.2, -0.15) is 0 Å². The Kier molecular flexibility index (Phi) is 3.88. The molecule has 0 aliphatic rings. The second kappa shape index (κ2) is 5.43. The van der Waals surface area contributed by atoms with E-state index < -0.39 is 0 Å². The molecule has 0 unspecified atom stereocenters. The summed E-state index contributed by atoms with van der Waals surface area (Å²) in [6, 6.07) is 2.88. The molecule has 0 aliphatic heterocycles. The van der Waals surface area contributed by atoms with E-state index in [1.165, 1.54) is 19.2 Å². The van der Waals surface area contributed by atoms with Crippen molar-refractivity contribution in [3.05, 3.63) is 29.2 Å². The normalized spacial score (nSPS) is 10.8. The average Bonchev–Trinajstić information content (AvgIpc) is 2.39. The van der Waals surface area contributed by atoms with Gasteiger partial charge >= 0.3 is 0 Å². The second-order valence-corrected chi connectivity index (χ2v) is 4.63. The largest absolute Gasteiger partial charge is 0.494 e. The van der Waals surface area contributed by atoms with Gasteiger partial charge in [0.1, 0.15) is 17.1 Å². The van der Waals surface area contributed by atoms with Crippen LogP contribution in [0.1, 0.15) is 24.6 Å². The summed E-state index contributed by atoms with van der Waals surface area (Å²) in [5.74, 6) is 0.159. The SMILES string of the molecule is CCCNc1c(C)c(C)nc2c(OC)cc(F)cc12. The molecule has 1 aromatic carbocycles. The highest BCUT2D eigenvalue weighted by atomic mass is 19.1. The summed E-state index contributed by atoms with van der Waals surface area (Å²) in [7, 11) is 1.53. The maximum Gasteiger partial charge on any atom is 0.148 e. The van der Waals surface area contributed by atoms with Crippen molar-refractivity contribution in [3.63, 3.8) is 0 Å². The maximum absolute atomic E-state index is 13.7. The number of nitrogens with zero attached hydrogens (tertiary/aromatic N) is 1. The minimum absolute atomic E-state index is 0.311. The van der Waals surface area contributed by atoms with E-state index in [-0.39, 0.29) is 5.82 Å². The summed E-state index contributed by atoms with van der Waals surface area (Å²) in [4.78, 5) is 4.52. The molecule has 1 aromatic heterocycles. The van der Waals surface area contributed by atoms with Crippen LogP contribution in [0.3, 0.4) is 0 Å². The first-order valence-corrected chi connectivity index (χ1v) is 6.46. The number of benzene rings is 1. The highest BCUT2D eigenvalue weighted by Gasteiger charge is 2.14. The van der Waals surface area contributed by atoms with Gasteiger partial charge in [0.05, 0.1) is 7.11 Å². The molecule has 0 spiro atoms. The van der Waals surface area contributed by atoms with Crippen LogP contribution < -0.4 is 10.1 Å². The van der Waals surface area contributed by atoms with Crippen molar-refractivity contribution in [1.82, 2.24) is 4.98 Å². The standard InChI is InChI=1S/C15H19FN2O/c1-5-6-17-14-9(2)10(3)18-15-12(14)7-11(16)8-13(15)19-4/h7-8H,5-6H2,1-4H3,(H,17,18). The van der Waals surface area contributed by atoms with Gasteiger partial charge in [0.25, 0.3) is 0 Å². The zero-order valence-corrected chi connectivity index (χ0v) is 11.8. The molecular formula is C15H19FN2O. The Balaban J connectivity index is 2.75. The monoisotopic (exact) mass is 262 g/mol. The Morgan fingerprint density at radius 2 is 2.05 bits per heavy atom. The minimum Gasteiger partial charge on any atom is -0.494 e. The lowest BCUT2D eigenvalue weighted by Crippen LogP contribution is -2.05. The van der Waals surface area contributed by atoms with Gasteiger partial charge in [-0.05, 0) is 31.9 Å². The van der Waals surface area contributed by atoms with Crippen LogP contribution in [0.2, 0.25) is 0 Å². The Hall–Kier alpha value is -1.84. The number of aromatic nitrogens is 1. The van der Waals surface area contributed by atoms with Crippen molar-refractivity contribution < 1.29 is 9.13 Å². The lowest BCUT2D eigenvalue weighted by Gasteiger charge is -2.15. The Morgan fingerprint density at radius 1 is 1.32 bits per heavy atom. The van der Waals surface area contributed by atoms with Gasteiger partial charge in [0.15, 0.2) is 0 Å². The van der Waals surface area contributed by atoms with Crippen LogP contribution >= 0.6 is 0 Å². The van der Waals surface area contributed by atoms with Gasteiger partial charge in [0, 0.05) is 29.4 Å². The zero-order valence-electron chi connectivity index (χ0n) is 11.8. The molecule has 0 fully saturated rings. The lowest BCUT2D eigenvalue weighted by molar-refractivity contribution is 0.415. The number of methoxy groups -OCH3 is 1. The maximum atomic E-state index is 13.7. The third-order valence-electron chi connectivity index (χ3n) is 3.28. The molecule has 0 aliphatic carbocycles. The number of hydrogen-bond acceptors (Lipinski definition) is 3. The summed E-state index contributed by atoms with van der Waals surface area (Å²) in [6.45, 7) is 6.89. The predicted octanol–water partition coefficient (Wildman–Crippen LogP) is 3.82. The zero-order chi connectivity index (χ0) is 14.0. The van der Waals surface area contributed by atoms with Crippen molar-refractivity contribution in [2.45, 2.75) is 27.2 Å². The smallest absolute Gasteiger partial charge is 0.148 e. The van der Waals surface area contributed by atoms with E-state index in [9.17, 15) is 4.39 Å². The van der Waals surface area contributed by atoms with Crippen LogP contribution in [-0.2, 0) is 0 Å². The van der Waals surface area contributed by atoms with Crippen molar-refractivity contribution in [3.8, 4) is 5.75 Å². The van der Waals surface area contributed by atoms with Gasteiger partial charge in [-0.15, -0.1) is 0 Å². The van der Waals surface area contributed by atoms with Gasteiger partial charge in [0.2, 0.25) is 0 Å². The third kappa shape index (κ3) is 2.48. The summed E-state index contributed by atoms with van der Waals surface area (Å²) in [5.41, 5.74) is 3.62. The summed E-state index contributed by atoms with van der Waals surface area (Å²) in [6.07, 6.45) is 1.01. The summed E-state index contributed by atoms with van der Waals surface area (Å²) < 4.78 is 18.9. The Bertz CT molecular complexity index is 611. The van der Waals surface area contributed by atoms with Crippen LogP contribution in [0, 0.1) is 19.7 Å². The number of ether oxygens (including phenoxy) is 1. The van der Waals surface area contributed by atoms with E-state index in [4.69, 9.17) is 4.74 Å². The van der Waals surface area contributed by atoms with Gasteiger partial charge in [-0.25, -0.2) is 9.37 Å². The number of halogens is 1. The van der Waals surface area contributed by atoms with Crippen LogP contribution in [0.25, 0.3) is 10.9 Å². The molecule has 4 heteroatoms. The van der Waals surface area contributed by atoms with E-state index in [1.807, 2.05) is 13.8 Å². The quantitative estimate of drug-likeness (QED) is 0.909. The number of anilines is 1. The fraction of sp³-hybridized carbons (Fsp3) is 0.400. The molecule has 0 saturated heterocycles. The van der Waals surface area contributed by atoms with E-state index >= 15 is 0 Å². The van der Waals surface area contributed by atoms with Crippen LogP contribution in [0.4, 0.5) is 10.1 Å². The molecule has 19 heavy (non-hydrogen) atoms. The molecule has 2 rings (SSSR count). The van der Waals surface area contributed by atoms with E-state index in [0.717, 1.165) is 35.3 Å². The molecule has 3 nitrogen and oxygen atoms in total. The van der Waals surface area contributed by atoms with Crippen LogP contribution in [0.5, 0.6) is 5.75 Å². The van der Waals surface area contributed by atoms with E-state index in [1.54, 1.807) is 0 Å². The molecule has 1 N–H and O–H groups in total. The number of aryl methyl sites for hydroxylation is 1. The lowest BCUT2D eigenvalue weighted by atomic mass is 10.1. The average molecular weight is 262 g/mol. The van der Waals surface area contributed by atoms with Crippen molar-refractivity contribution >= 4 is 16.6 Å². The summed E-state index contributed by atoms with van der Waals surface area (Å²) in [5, 5.41) is 4.13. The molecule has 0 saturated carbocycles. The topological polar surface area (TPSA) is 34.2 Å². The molecule has 0 bridgehead atoms. The van der Waals surface area contributed by atoms with Crippen molar-refractivity contribution in [1.29, 1.82) is 0 Å². The summed E-state index contributed by atoms with van der Waals surface area (Å²) >= 11 is 0. The predicted molar refractivity (Wildman–Crippen MR) is 76.5 cm³/mol. The van der Waals surface area contributed by atoms with E-state index in [0.29, 0.717) is 11.3 Å². The number of pyridine rings is 1. The number of rotatable bonds is 4. The van der Waals surface area contributed by atoms with Crippen LogP contribution in [-0.4, -0.2) is 18.6 Å². The first-order chi connectivity index (χ1) is 9.08. The third-order valence-corrected chi connectivity index (χ3v) is 3.28. The molecular weight excluding hydrogens is 243 g/mol. The highest BCUT2D eigenvalue weighted by Crippen LogP contribution is 2.33. The van der Waals surface area contributed by atoms with Gasteiger partial charge in [-0.3, -0.25) is 0 Å². The minimum atomic E-state index is -0.311. The molecule has 0 atom stereocenters.